The van der Waals surface area contributed by atoms with Gasteiger partial charge in [0.1, 0.15) is 16.7 Å². The number of thiazole rings is 1. The molecule has 2 heterocycles. The highest BCUT2D eigenvalue weighted by Gasteiger charge is 2.31. The van der Waals surface area contributed by atoms with Gasteiger partial charge in [-0.05, 0) is 40.6 Å². The van der Waals surface area contributed by atoms with E-state index in [1.165, 1.54) is 17.5 Å². The Morgan fingerprint density at radius 3 is 2.17 bits per heavy atom. The Labute approximate surface area is 264 Å². The molecule has 0 aliphatic heterocycles. The van der Waals surface area contributed by atoms with E-state index in [2.05, 4.69) is 20.5 Å². The first-order valence-corrected chi connectivity index (χ1v) is 14.6. The van der Waals surface area contributed by atoms with Gasteiger partial charge in [0.2, 0.25) is 11.8 Å². The number of hydrogen-bond donors (Lipinski definition) is 3. The van der Waals surface area contributed by atoms with Crippen molar-refractivity contribution in [1.82, 2.24) is 20.1 Å². The SMILES string of the molecule is Nc1nc(/C(=N\OC(C(=O)OC(c2ccccc2)c2ccccc2)c2ccc(O)c(O)c2)C(=O)On2nnc3ccccc32)cs1. The first-order valence-electron chi connectivity index (χ1n) is 13.7. The summed E-state index contributed by atoms with van der Waals surface area (Å²) in [6, 6.07) is 28.6. The van der Waals surface area contributed by atoms with E-state index in [-0.39, 0.29) is 16.4 Å². The monoisotopic (exact) mass is 636 g/mol. The number of nitrogens with two attached hydrogens (primary N) is 1. The predicted molar refractivity (Wildman–Crippen MR) is 167 cm³/mol. The number of carbonyl (C=O) groups excluding carboxylic acids is 2. The lowest BCUT2D eigenvalue weighted by Crippen LogP contribution is -2.30. The van der Waals surface area contributed by atoms with Crippen molar-refractivity contribution in [3.05, 3.63) is 131 Å². The number of fused-ring (bicyclic) bond motifs is 1. The lowest BCUT2D eigenvalue weighted by molar-refractivity contribution is -0.162. The number of oxime groups is 1. The average molecular weight is 637 g/mol. The van der Waals surface area contributed by atoms with Crippen LogP contribution in [0.4, 0.5) is 5.13 Å². The molecule has 230 valence electrons. The number of nitrogen functional groups attached to an aromatic ring is 1. The van der Waals surface area contributed by atoms with Crippen LogP contribution in [-0.2, 0) is 19.2 Å². The third kappa shape index (κ3) is 6.46. The van der Waals surface area contributed by atoms with Gasteiger partial charge in [0.15, 0.2) is 22.7 Å². The van der Waals surface area contributed by atoms with Crippen molar-refractivity contribution in [3.8, 4) is 11.5 Å². The third-order valence-corrected chi connectivity index (χ3v) is 7.33. The highest BCUT2D eigenvalue weighted by atomic mass is 32.1. The molecule has 0 bridgehead atoms. The zero-order valence-corrected chi connectivity index (χ0v) is 24.5. The van der Waals surface area contributed by atoms with Crippen LogP contribution in [0.3, 0.4) is 0 Å². The van der Waals surface area contributed by atoms with E-state index in [9.17, 15) is 19.8 Å². The van der Waals surface area contributed by atoms with E-state index < -0.39 is 41.4 Å². The van der Waals surface area contributed by atoms with E-state index in [1.807, 2.05) is 36.4 Å². The van der Waals surface area contributed by atoms with Gasteiger partial charge in [-0.1, -0.05) is 88.9 Å². The molecule has 0 fully saturated rings. The molecule has 0 saturated carbocycles. The number of aromatic nitrogens is 4. The van der Waals surface area contributed by atoms with Gasteiger partial charge < -0.3 is 30.4 Å². The highest BCUT2D eigenvalue weighted by molar-refractivity contribution is 7.13. The van der Waals surface area contributed by atoms with Crippen molar-refractivity contribution in [2.24, 2.45) is 5.16 Å². The summed E-state index contributed by atoms with van der Waals surface area (Å²) in [5.74, 6) is -2.91. The minimum atomic E-state index is -1.63. The fourth-order valence-corrected chi connectivity index (χ4v) is 4.98. The number of nitrogens with zero attached hydrogens (tertiary/aromatic N) is 5. The average Bonchev–Trinajstić information content (AvgIpc) is 3.70. The maximum absolute atomic E-state index is 13.9. The number of aromatic hydroxyl groups is 2. The van der Waals surface area contributed by atoms with Crippen LogP contribution >= 0.6 is 11.3 Å². The van der Waals surface area contributed by atoms with Crippen molar-refractivity contribution in [1.29, 1.82) is 0 Å². The zero-order chi connectivity index (χ0) is 32.0. The molecule has 46 heavy (non-hydrogen) atoms. The first-order chi connectivity index (χ1) is 22.4. The molecule has 1 atom stereocenters. The molecule has 6 rings (SSSR count). The molecule has 0 amide bonds. The number of benzene rings is 4. The molecule has 1 unspecified atom stereocenters. The Balaban J connectivity index is 1.36. The number of esters is 1. The van der Waals surface area contributed by atoms with Gasteiger partial charge in [-0.25, -0.2) is 14.6 Å². The van der Waals surface area contributed by atoms with E-state index in [4.69, 9.17) is 20.1 Å². The number of para-hydroxylation sites is 1. The number of rotatable bonds is 10. The molecule has 0 aliphatic carbocycles. The summed E-state index contributed by atoms with van der Waals surface area (Å²) in [7, 11) is 0. The van der Waals surface area contributed by atoms with Crippen LogP contribution in [0.5, 0.6) is 11.5 Å². The smallest absolute Gasteiger partial charge is 0.389 e. The van der Waals surface area contributed by atoms with E-state index in [0.717, 1.165) is 22.2 Å². The minimum absolute atomic E-state index is 0.00374. The fourth-order valence-electron chi connectivity index (χ4n) is 4.43. The highest BCUT2D eigenvalue weighted by Crippen LogP contribution is 2.33. The quantitative estimate of drug-likeness (QED) is 0.0639. The molecule has 0 radical (unpaired) electrons. The van der Waals surface area contributed by atoms with Crippen molar-refractivity contribution in [2.45, 2.75) is 12.2 Å². The van der Waals surface area contributed by atoms with Gasteiger partial charge in [-0.2, -0.15) is 0 Å². The Morgan fingerprint density at radius 2 is 1.52 bits per heavy atom. The van der Waals surface area contributed by atoms with Gasteiger partial charge in [-0.3, -0.25) is 0 Å². The summed E-state index contributed by atoms with van der Waals surface area (Å²) >= 11 is 1.04. The van der Waals surface area contributed by atoms with Crippen LogP contribution in [0.1, 0.15) is 34.6 Å². The summed E-state index contributed by atoms with van der Waals surface area (Å²) < 4.78 is 6.00. The van der Waals surface area contributed by atoms with Crippen LogP contribution < -0.4 is 10.6 Å². The normalized spacial score (nSPS) is 12.2. The topological polar surface area (TPSA) is 184 Å². The predicted octanol–water partition coefficient (Wildman–Crippen LogP) is 4.33. The summed E-state index contributed by atoms with van der Waals surface area (Å²) in [6.07, 6.45) is -2.48. The Kier molecular flexibility index (Phi) is 8.51. The van der Waals surface area contributed by atoms with Gasteiger partial charge in [0.05, 0.1) is 0 Å². The zero-order valence-electron chi connectivity index (χ0n) is 23.7. The second-order valence-electron chi connectivity index (χ2n) is 9.71. The van der Waals surface area contributed by atoms with Crippen LogP contribution in [-0.4, -0.2) is 48.0 Å². The number of ether oxygens (including phenoxy) is 1. The van der Waals surface area contributed by atoms with Crippen LogP contribution in [0, 0.1) is 0 Å². The lowest BCUT2D eigenvalue weighted by atomic mass is 10.0. The van der Waals surface area contributed by atoms with Gasteiger partial charge in [-0.15, -0.1) is 16.4 Å². The summed E-state index contributed by atoms with van der Waals surface area (Å²) in [6.45, 7) is 0. The lowest BCUT2D eigenvalue weighted by Gasteiger charge is -2.22. The molecule has 0 spiro atoms. The Morgan fingerprint density at radius 1 is 0.848 bits per heavy atom. The second-order valence-corrected chi connectivity index (χ2v) is 10.6. The van der Waals surface area contributed by atoms with Crippen LogP contribution in [0.2, 0.25) is 0 Å². The summed E-state index contributed by atoms with van der Waals surface area (Å²) in [4.78, 5) is 43.5. The van der Waals surface area contributed by atoms with Gasteiger partial charge in [0.25, 0.3) is 0 Å². The molecular weight excluding hydrogens is 612 g/mol. The molecule has 4 N–H and O–H groups in total. The Bertz CT molecular complexity index is 1990. The molecule has 13 nitrogen and oxygen atoms in total. The standard InChI is InChI=1S/C32H24N6O7S/c33-32-34-23(18-46-32)27(30(41)45-38-24-14-8-7-13-22(24)35-37-38)36-44-29(21-15-16-25(39)26(40)17-21)31(42)43-28(19-9-3-1-4-10-19)20-11-5-2-6-12-20/h1-18,28-29,39-40H,(H2,33,34)/b36-27+. The fraction of sp³-hybridized carbons (Fsp3) is 0.0625. The van der Waals surface area contributed by atoms with Crippen LogP contribution in [0.15, 0.2) is 114 Å². The maximum atomic E-state index is 13.9. The van der Waals surface area contributed by atoms with Crippen molar-refractivity contribution in [2.75, 3.05) is 5.73 Å². The molecule has 0 aliphatic rings. The van der Waals surface area contributed by atoms with Crippen molar-refractivity contribution in [3.63, 3.8) is 0 Å². The van der Waals surface area contributed by atoms with E-state index >= 15 is 0 Å². The number of anilines is 1. The first kappa shape index (κ1) is 29.8. The molecule has 6 aromatic rings. The third-order valence-electron chi connectivity index (χ3n) is 6.65. The largest absolute Gasteiger partial charge is 0.504 e. The molecular formula is C32H24N6O7S. The Hall–Kier alpha value is -6.28. The summed E-state index contributed by atoms with van der Waals surface area (Å²) in [5.41, 5.74) is 7.69. The molecule has 2 aromatic heterocycles. The number of hydrogen-bond acceptors (Lipinski definition) is 13. The molecule has 14 heteroatoms. The minimum Gasteiger partial charge on any atom is -0.504 e. The van der Waals surface area contributed by atoms with Crippen LogP contribution in [0.25, 0.3) is 11.0 Å². The van der Waals surface area contributed by atoms with Crippen molar-refractivity contribution >= 4 is 45.2 Å². The number of phenols is 2. The number of phenolic OH excluding ortho intramolecular Hbond substituents is 2. The van der Waals surface area contributed by atoms with E-state index in [1.54, 1.807) is 48.5 Å². The number of carbonyl (C=O) groups is 2. The van der Waals surface area contributed by atoms with Gasteiger partial charge in [0, 0.05) is 10.9 Å². The van der Waals surface area contributed by atoms with Crippen molar-refractivity contribution < 1.29 is 34.2 Å². The van der Waals surface area contributed by atoms with E-state index in [0.29, 0.717) is 22.2 Å². The van der Waals surface area contributed by atoms with Gasteiger partial charge >= 0.3 is 11.9 Å². The maximum Gasteiger partial charge on any atom is 0.389 e. The molecule has 4 aromatic carbocycles. The molecule has 0 saturated heterocycles. The summed E-state index contributed by atoms with van der Waals surface area (Å²) in [5, 5.41) is 33.6. The second kappa shape index (κ2) is 13.2.